The molecule has 0 spiro atoms. The lowest BCUT2D eigenvalue weighted by molar-refractivity contribution is 0.316. The zero-order valence-electron chi connectivity index (χ0n) is 11.7. The van der Waals surface area contributed by atoms with Crippen LogP contribution in [0.25, 0.3) is 0 Å². The van der Waals surface area contributed by atoms with E-state index < -0.39 is 0 Å². The van der Waals surface area contributed by atoms with Crippen molar-refractivity contribution in [2.45, 2.75) is 39.7 Å². The Morgan fingerprint density at radius 2 is 2.33 bits per heavy atom. The summed E-state index contributed by atoms with van der Waals surface area (Å²) in [6.45, 7) is 10.6. The molecule has 18 heavy (non-hydrogen) atoms. The molecule has 102 valence electrons. The molecule has 1 aromatic rings. The van der Waals surface area contributed by atoms with E-state index in [1.807, 2.05) is 11.3 Å². The minimum Gasteiger partial charge on any atom is -0.316 e. The van der Waals surface area contributed by atoms with E-state index in [2.05, 4.69) is 35.5 Å². The first-order valence-electron chi connectivity index (χ1n) is 7.31. The molecule has 1 saturated heterocycles. The molecule has 2 nitrogen and oxygen atoms in total. The smallest absolute Gasteiger partial charge is 0.0330 e. The van der Waals surface area contributed by atoms with E-state index in [0.29, 0.717) is 0 Å². The Morgan fingerprint density at radius 3 is 3.11 bits per heavy atom. The highest BCUT2D eigenvalue weighted by Gasteiger charge is 2.22. The Bertz CT molecular complexity index is 348. The Kier molecular flexibility index (Phi) is 5.67. The van der Waals surface area contributed by atoms with Gasteiger partial charge in [0.1, 0.15) is 0 Å². The molecule has 0 bridgehead atoms. The number of aryl methyl sites for hydroxylation is 1. The van der Waals surface area contributed by atoms with Crippen molar-refractivity contribution in [1.29, 1.82) is 0 Å². The highest BCUT2D eigenvalue weighted by molar-refractivity contribution is 7.10. The highest BCUT2D eigenvalue weighted by Crippen LogP contribution is 2.23. The summed E-state index contributed by atoms with van der Waals surface area (Å²) in [6.07, 6.45) is 3.78. The molecule has 1 aromatic heterocycles. The van der Waals surface area contributed by atoms with Gasteiger partial charge in [0.25, 0.3) is 0 Å². The topological polar surface area (TPSA) is 15.3 Å². The second-order valence-corrected chi connectivity index (χ2v) is 6.32. The van der Waals surface area contributed by atoms with Crippen LogP contribution in [0, 0.1) is 5.92 Å². The van der Waals surface area contributed by atoms with Crippen LogP contribution < -0.4 is 5.32 Å². The molecule has 0 aromatic carbocycles. The third-order valence-corrected chi connectivity index (χ3v) is 4.76. The van der Waals surface area contributed by atoms with Gasteiger partial charge in [-0.3, -0.25) is 4.90 Å². The van der Waals surface area contributed by atoms with Gasteiger partial charge in [0, 0.05) is 18.0 Å². The first kappa shape index (κ1) is 14.0. The monoisotopic (exact) mass is 266 g/mol. The Balaban J connectivity index is 1.75. The highest BCUT2D eigenvalue weighted by atomic mass is 32.1. The maximum absolute atomic E-state index is 3.55. The summed E-state index contributed by atoms with van der Waals surface area (Å²) in [7, 11) is 0. The lowest BCUT2D eigenvalue weighted by atomic mass is 10.1. The molecule has 1 fully saturated rings. The summed E-state index contributed by atoms with van der Waals surface area (Å²) >= 11 is 1.93. The predicted octanol–water partition coefficient (Wildman–Crippen LogP) is 3.13. The van der Waals surface area contributed by atoms with Crippen LogP contribution in [0.2, 0.25) is 0 Å². The molecule has 1 unspecified atom stereocenters. The van der Waals surface area contributed by atoms with Crippen LogP contribution in [-0.2, 0) is 13.0 Å². The summed E-state index contributed by atoms with van der Waals surface area (Å²) in [4.78, 5) is 4.21. The van der Waals surface area contributed by atoms with E-state index in [1.165, 1.54) is 52.0 Å². The van der Waals surface area contributed by atoms with Gasteiger partial charge in [-0.05, 0) is 61.8 Å². The molecule has 0 aliphatic carbocycles. The molecule has 2 rings (SSSR count). The van der Waals surface area contributed by atoms with Crippen LogP contribution in [0.15, 0.2) is 11.4 Å². The van der Waals surface area contributed by atoms with Gasteiger partial charge in [-0.25, -0.2) is 0 Å². The second-order valence-electron chi connectivity index (χ2n) is 5.32. The van der Waals surface area contributed by atoms with Crippen LogP contribution in [0.1, 0.15) is 37.1 Å². The van der Waals surface area contributed by atoms with E-state index in [1.54, 1.807) is 10.4 Å². The average Bonchev–Trinajstić information content (AvgIpc) is 2.99. The number of rotatable bonds is 7. The van der Waals surface area contributed by atoms with Gasteiger partial charge in [-0.2, -0.15) is 0 Å². The molecule has 1 aliphatic rings. The minimum atomic E-state index is 0.863. The summed E-state index contributed by atoms with van der Waals surface area (Å²) in [5.41, 5.74) is 1.55. The predicted molar refractivity (Wildman–Crippen MR) is 80.2 cm³/mol. The Labute approximate surface area is 115 Å². The first-order chi connectivity index (χ1) is 8.83. The number of nitrogens with one attached hydrogen (secondary N) is 1. The normalized spacial score (nSPS) is 20.7. The van der Waals surface area contributed by atoms with Crippen molar-refractivity contribution >= 4 is 11.3 Å². The molecule has 3 heteroatoms. The molecule has 0 radical (unpaired) electrons. The fourth-order valence-electron chi connectivity index (χ4n) is 2.73. The maximum Gasteiger partial charge on any atom is 0.0330 e. The van der Waals surface area contributed by atoms with Gasteiger partial charge in [-0.15, -0.1) is 11.3 Å². The standard InChI is InChI=1S/C15H26N2S/c1-3-7-16-10-13-5-8-17(11-13)12-15-14(4-2)6-9-18-15/h6,9,13,16H,3-5,7-8,10-12H2,1-2H3. The molecule has 1 N–H and O–H groups in total. The van der Waals surface area contributed by atoms with E-state index in [0.717, 1.165) is 5.92 Å². The van der Waals surface area contributed by atoms with Gasteiger partial charge >= 0.3 is 0 Å². The molecule has 1 atom stereocenters. The van der Waals surface area contributed by atoms with Gasteiger partial charge < -0.3 is 5.32 Å². The van der Waals surface area contributed by atoms with Crippen molar-refractivity contribution in [3.05, 3.63) is 21.9 Å². The molecule has 0 saturated carbocycles. The largest absolute Gasteiger partial charge is 0.316 e. The summed E-state index contributed by atoms with van der Waals surface area (Å²) in [5, 5.41) is 5.80. The lowest BCUT2D eigenvalue weighted by Gasteiger charge is -2.16. The van der Waals surface area contributed by atoms with Gasteiger partial charge in [0.15, 0.2) is 0 Å². The van der Waals surface area contributed by atoms with E-state index in [4.69, 9.17) is 0 Å². The Hall–Kier alpha value is -0.380. The third kappa shape index (κ3) is 3.81. The molecular weight excluding hydrogens is 240 g/mol. The summed E-state index contributed by atoms with van der Waals surface area (Å²) < 4.78 is 0. The maximum atomic E-state index is 3.55. The Morgan fingerprint density at radius 1 is 1.44 bits per heavy atom. The van der Waals surface area contributed by atoms with Gasteiger partial charge in [0.2, 0.25) is 0 Å². The molecule has 0 amide bonds. The van der Waals surface area contributed by atoms with Crippen molar-refractivity contribution in [3.63, 3.8) is 0 Å². The van der Waals surface area contributed by atoms with E-state index in [-0.39, 0.29) is 0 Å². The van der Waals surface area contributed by atoms with Crippen molar-refractivity contribution in [2.75, 3.05) is 26.2 Å². The number of nitrogens with zero attached hydrogens (tertiary/aromatic N) is 1. The van der Waals surface area contributed by atoms with Crippen LogP contribution in [0.3, 0.4) is 0 Å². The first-order valence-corrected chi connectivity index (χ1v) is 8.19. The minimum absolute atomic E-state index is 0.863. The van der Waals surface area contributed by atoms with Crippen LogP contribution in [0.4, 0.5) is 0 Å². The van der Waals surface area contributed by atoms with Crippen LogP contribution >= 0.6 is 11.3 Å². The van der Waals surface area contributed by atoms with Crippen molar-refractivity contribution in [2.24, 2.45) is 5.92 Å². The van der Waals surface area contributed by atoms with Crippen LogP contribution in [-0.4, -0.2) is 31.1 Å². The van der Waals surface area contributed by atoms with Gasteiger partial charge in [0.05, 0.1) is 0 Å². The lowest BCUT2D eigenvalue weighted by Crippen LogP contribution is -2.26. The quantitative estimate of drug-likeness (QED) is 0.763. The molecular formula is C15H26N2S. The zero-order chi connectivity index (χ0) is 12.8. The number of thiophene rings is 1. The number of likely N-dealkylation sites (tertiary alicyclic amines) is 1. The van der Waals surface area contributed by atoms with Gasteiger partial charge in [-0.1, -0.05) is 13.8 Å². The van der Waals surface area contributed by atoms with Crippen molar-refractivity contribution in [1.82, 2.24) is 10.2 Å². The SMILES string of the molecule is CCCNCC1CCN(Cc2sccc2CC)C1. The third-order valence-electron chi connectivity index (χ3n) is 3.82. The molecule has 2 heterocycles. The van der Waals surface area contributed by atoms with Crippen molar-refractivity contribution < 1.29 is 0 Å². The number of hydrogen-bond acceptors (Lipinski definition) is 3. The average molecular weight is 266 g/mol. The fourth-order valence-corrected chi connectivity index (χ4v) is 3.75. The van der Waals surface area contributed by atoms with Crippen LogP contribution in [0.5, 0.6) is 0 Å². The fraction of sp³-hybridized carbons (Fsp3) is 0.733. The number of hydrogen-bond donors (Lipinski definition) is 1. The molecule has 1 aliphatic heterocycles. The van der Waals surface area contributed by atoms with Crippen molar-refractivity contribution in [3.8, 4) is 0 Å². The van der Waals surface area contributed by atoms with E-state index >= 15 is 0 Å². The second kappa shape index (κ2) is 7.27. The van der Waals surface area contributed by atoms with E-state index in [9.17, 15) is 0 Å². The summed E-state index contributed by atoms with van der Waals surface area (Å²) in [6, 6.07) is 2.29. The summed E-state index contributed by atoms with van der Waals surface area (Å²) in [5.74, 6) is 0.863. The zero-order valence-corrected chi connectivity index (χ0v) is 12.6.